The number of ether oxygens (including phenoxy) is 2. The Morgan fingerprint density at radius 1 is 1.00 bits per heavy atom. The molecule has 10 nitrogen and oxygen atoms in total. The summed E-state index contributed by atoms with van der Waals surface area (Å²) in [4.78, 5) is 36.9. The Hall–Kier alpha value is -3.88. The number of hydrogen-bond acceptors (Lipinski definition) is 7. The summed E-state index contributed by atoms with van der Waals surface area (Å²) in [6.07, 6.45) is 1.87. The summed E-state index contributed by atoms with van der Waals surface area (Å²) in [5.74, 6) is -4.96. The van der Waals surface area contributed by atoms with E-state index in [0.717, 1.165) is 36.8 Å². The Balaban J connectivity index is 1.33. The summed E-state index contributed by atoms with van der Waals surface area (Å²) in [7, 11) is -4.38. The molecule has 3 N–H and O–H groups in total. The molecular weight excluding hydrogens is 600 g/mol. The number of fused-ring (bicyclic) bond motifs is 2. The molecule has 0 heterocycles. The van der Waals surface area contributed by atoms with Gasteiger partial charge in [0.2, 0.25) is 5.91 Å². The van der Waals surface area contributed by atoms with E-state index in [2.05, 4.69) is 10.6 Å². The van der Waals surface area contributed by atoms with E-state index in [1.165, 1.54) is 13.2 Å². The minimum absolute atomic E-state index is 0.0694. The summed E-state index contributed by atoms with van der Waals surface area (Å²) in [6, 6.07) is 5.32. The van der Waals surface area contributed by atoms with Crippen LogP contribution in [0.2, 0.25) is 0 Å². The van der Waals surface area contributed by atoms with E-state index in [4.69, 9.17) is 14.6 Å². The van der Waals surface area contributed by atoms with Gasteiger partial charge in [0.05, 0.1) is 29.4 Å². The maximum atomic E-state index is 14.7. The maximum Gasteiger partial charge on any atom is 0.501 e. The normalized spacial score (nSPS) is 26.3. The highest BCUT2D eigenvalue weighted by Crippen LogP contribution is 2.49. The van der Waals surface area contributed by atoms with Gasteiger partial charge in [-0.2, -0.15) is 13.2 Å². The third-order valence-electron chi connectivity index (χ3n) is 8.47. The number of benzene rings is 2. The van der Waals surface area contributed by atoms with Crippen molar-refractivity contribution in [3.63, 3.8) is 0 Å². The number of aliphatic carboxylic acids is 1. The first-order valence-electron chi connectivity index (χ1n) is 13.5. The fourth-order valence-electron chi connectivity index (χ4n) is 6.22. The zero-order chi connectivity index (χ0) is 31.3. The van der Waals surface area contributed by atoms with Gasteiger partial charge in [-0.25, -0.2) is 12.8 Å². The van der Waals surface area contributed by atoms with Crippen LogP contribution in [0.5, 0.6) is 11.5 Å². The molecule has 15 heteroatoms. The number of carbonyl (C=O) groups is 3. The van der Waals surface area contributed by atoms with Gasteiger partial charge in [-0.15, -0.1) is 0 Å². The van der Waals surface area contributed by atoms with Gasteiger partial charge in [-0.3, -0.25) is 14.4 Å². The molecule has 0 saturated heterocycles. The molecule has 2 amide bonds. The average Bonchev–Trinajstić information content (AvgIpc) is 3.52. The third kappa shape index (κ3) is 5.86. The Bertz CT molecular complexity index is 1560. The van der Waals surface area contributed by atoms with E-state index in [9.17, 15) is 40.4 Å². The van der Waals surface area contributed by atoms with Crippen LogP contribution in [-0.4, -0.2) is 56.1 Å². The van der Waals surface area contributed by atoms with Crippen LogP contribution in [0, 0.1) is 29.5 Å². The largest absolute Gasteiger partial charge is 0.501 e. The van der Waals surface area contributed by atoms with Crippen molar-refractivity contribution >= 4 is 33.3 Å². The molecule has 3 aliphatic rings. The molecule has 0 aromatic heterocycles. The van der Waals surface area contributed by atoms with Crippen LogP contribution in [0.1, 0.15) is 42.5 Å². The second-order valence-electron chi connectivity index (χ2n) is 11.1. The average molecular weight is 629 g/mol. The van der Waals surface area contributed by atoms with Gasteiger partial charge >= 0.3 is 11.5 Å². The molecule has 0 aliphatic heterocycles. The minimum atomic E-state index is -5.63. The summed E-state index contributed by atoms with van der Waals surface area (Å²) >= 11 is 0. The topological polar surface area (TPSA) is 148 Å². The van der Waals surface area contributed by atoms with E-state index in [0.29, 0.717) is 12.8 Å². The predicted octanol–water partition coefficient (Wildman–Crippen LogP) is 4.15. The highest BCUT2D eigenvalue weighted by Gasteiger charge is 2.52. The second kappa shape index (κ2) is 11.3. The fourth-order valence-corrected chi connectivity index (χ4v) is 7.03. The Kier molecular flexibility index (Phi) is 8.05. The van der Waals surface area contributed by atoms with Gasteiger partial charge in [-0.05, 0) is 68.2 Å². The molecule has 3 aliphatic carbocycles. The molecule has 2 aromatic rings. The third-order valence-corrected chi connectivity index (χ3v) is 9.95. The number of alkyl halides is 3. The quantitative estimate of drug-likeness (QED) is 0.351. The van der Waals surface area contributed by atoms with Crippen molar-refractivity contribution in [3.8, 4) is 11.5 Å². The zero-order valence-electron chi connectivity index (χ0n) is 22.7. The number of nitrogens with one attached hydrogen (secondary N) is 2. The zero-order valence-corrected chi connectivity index (χ0v) is 23.5. The lowest BCUT2D eigenvalue weighted by Crippen LogP contribution is -2.48. The van der Waals surface area contributed by atoms with Crippen molar-refractivity contribution in [2.24, 2.45) is 23.7 Å². The fraction of sp³-hybridized carbons (Fsp3) is 0.464. The van der Waals surface area contributed by atoms with E-state index in [1.54, 1.807) is 0 Å². The van der Waals surface area contributed by atoms with Crippen molar-refractivity contribution in [1.29, 1.82) is 0 Å². The smallest absolute Gasteiger partial charge is 0.496 e. The number of carbonyl (C=O) groups excluding carboxylic acids is 2. The first-order valence-corrected chi connectivity index (χ1v) is 15.0. The summed E-state index contributed by atoms with van der Waals surface area (Å²) in [5, 5.41) is 14.4. The molecule has 0 radical (unpaired) electrons. The molecule has 4 unspecified atom stereocenters. The number of methoxy groups -OCH3 is 1. The molecule has 2 bridgehead atoms. The molecule has 4 atom stereocenters. The van der Waals surface area contributed by atoms with Gasteiger partial charge in [0, 0.05) is 17.8 Å². The first-order chi connectivity index (χ1) is 20.2. The Morgan fingerprint density at radius 2 is 1.70 bits per heavy atom. The molecule has 2 aromatic carbocycles. The lowest BCUT2D eigenvalue weighted by molar-refractivity contribution is -0.148. The van der Waals surface area contributed by atoms with Gasteiger partial charge in [0.1, 0.15) is 11.9 Å². The molecule has 3 fully saturated rings. The van der Waals surface area contributed by atoms with Crippen LogP contribution in [0.4, 0.5) is 23.2 Å². The van der Waals surface area contributed by atoms with Crippen LogP contribution >= 0.6 is 0 Å². The molecule has 43 heavy (non-hydrogen) atoms. The van der Waals surface area contributed by atoms with Crippen LogP contribution < -0.4 is 20.1 Å². The van der Waals surface area contributed by atoms with Crippen LogP contribution in [0.3, 0.4) is 0 Å². The van der Waals surface area contributed by atoms with Crippen molar-refractivity contribution < 1.29 is 54.9 Å². The lowest BCUT2D eigenvalue weighted by Gasteiger charge is -2.33. The first kappa shape index (κ1) is 30.6. The van der Waals surface area contributed by atoms with Gasteiger partial charge < -0.3 is 25.2 Å². The molecule has 5 rings (SSSR count). The van der Waals surface area contributed by atoms with Crippen molar-refractivity contribution in [3.05, 3.63) is 47.8 Å². The predicted molar refractivity (Wildman–Crippen MR) is 142 cm³/mol. The maximum absolute atomic E-state index is 14.7. The number of rotatable bonds is 9. The Labute approximate surface area is 243 Å². The molecule has 232 valence electrons. The summed E-state index contributed by atoms with van der Waals surface area (Å²) < 4.78 is 88.3. The standard InChI is InChI=1S/C28H28F4N2O8S/c1-41-21-12-20(29)22(42-17-8-15(9-17)27(37)38)11-19(21)25(35)34-24-14-6-5-13(7-14)23(24)26(36)33-16-3-2-4-18(10-16)43(39,40)28(30,31)32/h2-4,10-15,17,23-24H,5-9H2,1H3,(H,33,36)(H,34,35)(H,37,38). The monoisotopic (exact) mass is 628 g/mol. The SMILES string of the molecule is COc1cc(F)c(OC2CC(C(=O)O)C2)cc1C(=O)NC1C2CCC(C2)C1C(=O)Nc1cccc(S(=O)(=O)C(F)(F)F)c1. The van der Waals surface area contributed by atoms with Crippen LogP contribution in [0.15, 0.2) is 41.3 Å². The van der Waals surface area contributed by atoms with E-state index in [-0.39, 0.29) is 47.4 Å². The van der Waals surface area contributed by atoms with Crippen LogP contribution in [0.25, 0.3) is 0 Å². The highest BCUT2D eigenvalue weighted by molar-refractivity contribution is 7.92. The summed E-state index contributed by atoms with van der Waals surface area (Å²) in [6.45, 7) is 0. The number of anilines is 1. The molecule has 0 spiro atoms. The van der Waals surface area contributed by atoms with Crippen LogP contribution in [-0.2, 0) is 19.4 Å². The number of sulfone groups is 1. The molecular formula is C28H28F4N2O8S. The van der Waals surface area contributed by atoms with E-state index < -0.39 is 67.8 Å². The van der Waals surface area contributed by atoms with Crippen molar-refractivity contribution in [2.45, 2.75) is 54.7 Å². The number of hydrogen-bond donors (Lipinski definition) is 3. The van der Waals surface area contributed by atoms with Gasteiger partial charge in [0.15, 0.2) is 11.6 Å². The molecule has 3 saturated carbocycles. The lowest BCUT2D eigenvalue weighted by atomic mass is 9.82. The van der Waals surface area contributed by atoms with Crippen molar-refractivity contribution in [1.82, 2.24) is 5.32 Å². The Morgan fingerprint density at radius 3 is 2.35 bits per heavy atom. The second-order valence-corrected chi connectivity index (χ2v) is 13.0. The van der Waals surface area contributed by atoms with E-state index in [1.807, 2.05) is 0 Å². The number of carboxylic acids is 1. The summed E-state index contributed by atoms with van der Waals surface area (Å²) in [5.41, 5.74) is -5.73. The highest BCUT2D eigenvalue weighted by atomic mass is 32.2. The van der Waals surface area contributed by atoms with Gasteiger partial charge in [0.25, 0.3) is 15.7 Å². The van der Waals surface area contributed by atoms with E-state index >= 15 is 0 Å². The van der Waals surface area contributed by atoms with Crippen molar-refractivity contribution in [2.75, 3.05) is 12.4 Å². The minimum Gasteiger partial charge on any atom is -0.496 e. The number of carboxylic acid groups (broad SMARTS) is 1. The van der Waals surface area contributed by atoms with Gasteiger partial charge in [-0.1, -0.05) is 6.07 Å². The number of halogens is 4. The number of amides is 2.